The van der Waals surface area contributed by atoms with E-state index in [0.717, 1.165) is 60.0 Å². The summed E-state index contributed by atoms with van der Waals surface area (Å²) in [5.74, 6) is 1.68. The molecule has 1 aromatic carbocycles. The molecule has 3 heteroatoms. The fraction of sp³-hybridized carbons (Fsp3) is 0.600. The van der Waals surface area contributed by atoms with Gasteiger partial charge in [-0.25, -0.2) is 4.39 Å². The summed E-state index contributed by atoms with van der Waals surface area (Å²) in [5.41, 5.74) is 3.42. The molecule has 0 N–H and O–H groups in total. The molecule has 1 aliphatic carbocycles. The molecule has 0 saturated heterocycles. The van der Waals surface area contributed by atoms with Gasteiger partial charge >= 0.3 is 0 Å². The Morgan fingerprint density at radius 2 is 1.61 bits per heavy atom. The molecular weight excluding hydrogens is 347 g/mol. The molecule has 1 aliphatic rings. The second-order valence-electron chi connectivity index (χ2n) is 8.53. The quantitative estimate of drug-likeness (QED) is 0.459. The lowest BCUT2D eigenvalue weighted by molar-refractivity contribution is 0.252. The van der Waals surface area contributed by atoms with Crippen molar-refractivity contribution < 1.29 is 4.39 Å². The third-order valence-corrected chi connectivity index (χ3v) is 6.34. The maximum atomic E-state index is 14.3. The molecule has 1 heterocycles. The van der Waals surface area contributed by atoms with Gasteiger partial charge in [0.1, 0.15) is 5.82 Å². The molecule has 0 unspecified atom stereocenters. The molecule has 0 radical (unpaired) electrons. The average molecular weight is 383 g/mol. The van der Waals surface area contributed by atoms with Gasteiger partial charge in [-0.2, -0.15) is 10.2 Å². The maximum absolute atomic E-state index is 14.3. The summed E-state index contributed by atoms with van der Waals surface area (Å²) in [7, 11) is 0. The predicted molar refractivity (Wildman–Crippen MR) is 115 cm³/mol. The Bertz CT molecular complexity index is 718. The Hall–Kier alpha value is -1.77. The lowest BCUT2D eigenvalue weighted by atomic mass is 9.78. The monoisotopic (exact) mass is 382 g/mol. The van der Waals surface area contributed by atoms with Crippen molar-refractivity contribution in [2.24, 2.45) is 11.8 Å². The summed E-state index contributed by atoms with van der Waals surface area (Å²) in [6, 6.07) is 9.51. The van der Waals surface area contributed by atoms with Crippen LogP contribution in [-0.4, -0.2) is 10.2 Å². The van der Waals surface area contributed by atoms with Crippen molar-refractivity contribution in [1.82, 2.24) is 10.2 Å². The number of rotatable bonds is 9. The highest BCUT2D eigenvalue weighted by Crippen LogP contribution is 2.33. The molecule has 1 aromatic heterocycles. The standard InChI is InChI=1S/C25H35FN2/c1-3-5-7-21-13-14-22(18-24(21)26)25-17-16-23(27-28-25)15-12-20-10-8-19(6-4-2)9-11-20/h13-14,16-20H,3-12,15H2,1-2H3. The summed E-state index contributed by atoms with van der Waals surface area (Å²) in [5, 5.41) is 8.78. The lowest BCUT2D eigenvalue weighted by Crippen LogP contribution is -2.15. The Morgan fingerprint density at radius 1 is 0.857 bits per heavy atom. The van der Waals surface area contributed by atoms with Crippen LogP contribution in [0.2, 0.25) is 0 Å². The first-order chi connectivity index (χ1) is 13.7. The molecule has 2 aromatic rings. The molecule has 0 amide bonds. The van der Waals surface area contributed by atoms with Gasteiger partial charge < -0.3 is 0 Å². The van der Waals surface area contributed by atoms with Crippen LogP contribution in [0.3, 0.4) is 0 Å². The minimum absolute atomic E-state index is 0.129. The molecular formula is C25H35FN2. The van der Waals surface area contributed by atoms with E-state index in [1.807, 2.05) is 18.2 Å². The summed E-state index contributed by atoms with van der Waals surface area (Å²) < 4.78 is 14.3. The summed E-state index contributed by atoms with van der Waals surface area (Å²) >= 11 is 0. The number of aromatic nitrogens is 2. The van der Waals surface area contributed by atoms with E-state index in [4.69, 9.17) is 0 Å². The van der Waals surface area contributed by atoms with Gasteiger partial charge in [0.15, 0.2) is 0 Å². The van der Waals surface area contributed by atoms with Crippen molar-refractivity contribution in [3.63, 3.8) is 0 Å². The van der Waals surface area contributed by atoms with Crippen molar-refractivity contribution in [3.05, 3.63) is 47.4 Å². The number of unbranched alkanes of at least 4 members (excludes halogenated alkanes) is 1. The fourth-order valence-electron chi connectivity index (χ4n) is 4.49. The Labute approximate surface area is 170 Å². The molecule has 152 valence electrons. The minimum atomic E-state index is -0.129. The van der Waals surface area contributed by atoms with E-state index in [-0.39, 0.29) is 5.82 Å². The van der Waals surface area contributed by atoms with Gasteiger partial charge in [-0.1, -0.05) is 70.9 Å². The topological polar surface area (TPSA) is 25.8 Å². The fourth-order valence-corrected chi connectivity index (χ4v) is 4.49. The summed E-state index contributed by atoms with van der Waals surface area (Å²) in [4.78, 5) is 0. The predicted octanol–water partition coefficient (Wildman–Crippen LogP) is 7.16. The van der Waals surface area contributed by atoms with E-state index in [9.17, 15) is 4.39 Å². The number of hydrogen-bond donors (Lipinski definition) is 0. The van der Waals surface area contributed by atoms with E-state index in [1.165, 1.54) is 44.9 Å². The van der Waals surface area contributed by atoms with Crippen LogP contribution in [0.4, 0.5) is 4.39 Å². The molecule has 0 aliphatic heterocycles. The van der Waals surface area contributed by atoms with E-state index in [1.54, 1.807) is 6.07 Å². The first-order valence-corrected chi connectivity index (χ1v) is 11.3. The normalized spacial score (nSPS) is 19.7. The number of benzene rings is 1. The Balaban J connectivity index is 1.52. The van der Waals surface area contributed by atoms with E-state index in [0.29, 0.717) is 0 Å². The van der Waals surface area contributed by atoms with Crippen LogP contribution in [0.5, 0.6) is 0 Å². The highest BCUT2D eigenvalue weighted by atomic mass is 19.1. The van der Waals surface area contributed by atoms with Gasteiger partial charge in [0.25, 0.3) is 0 Å². The molecule has 28 heavy (non-hydrogen) atoms. The van der Waals surface area contributed by atoms with Crippen molar-refractivity contribution in [2.45, 2.75) is 84.5 Å². The van der Waals surface area contributed by atoms with Crippen molar-refractivity contribution >= 4 is 0 Å². The molecule has 0 atom stereocenters. The van der Waals surface area contributed by atoms with Crippen molar-refractivity contribution in [1.29, 1.82) is 0 Å². The number of aryl methyl sites for hydroxylation is 2. The van der Waals surface area contributed by atoms with Crippen LogP contribution in [0.15, 0.2) is 30.3 Å². The molecule has 1 fully saturated rings. The van der Waals surface area contributed by atoms with Crippen LogP contribution in [-0.2, 0) is 12.8 Å². The van der Waals surface area contributed by atoms with Crippen LogP contribution in [0, 0.1) is 17.7 Å². The van der Waals surface area contributed by atoms with Gasteiger partial charge in [0.05, 0.1) is 11.4 Å². The first kappa shape index (κ1) is 21.0. The highest BCUT2D eigenvalue weighted by molar-refractivity contribution is 5.59. The van der Waals surface area contributed by atoms with Gasteiger partial charge in [-0.15, -0.1) is 0 Å². The number of hydrogen-bond acceptors (Lipinski definition) is 2. The number of halogens is 1. The molecule has 2 nitrogen and oxygen atoms in total. The SMILES string of the molecule is CCCCc1ccc(-c2ccc(CCC3CCC(CCC)CC3)nn2)cc1F. The smallest absolute Gasteiger partial charge is 0.127 e. The maximum Gasteiger partial charge on any atom is 0.127 e. The third-order valence-electron chi connectivity index (χ3n) is 6.34. The van der Waals surface area contributed by atoms with Crippen LogP contribution >= 0.6 is 0 Å². The van der Waals surface area contributed by atoms with E-state index < -0.39 is 0 Å². The second kappa shape index (κ2) is 10.7. The molecule has 0 spiro atoms. The zero-order valence-electron chi connectivity index (χ0n) is 17.6. The van der Waals surface area contributed by atoms with Crippen molar-refractivity contribution in [3.8, 4) is 11.3 Å². The third kappa shape index (κ3) is 5.86. The van der Waals surface area contributed by atoms with Crippen LogP contribution in [0.1, 0.15) is 82.9 Å². The van der Waals surface area contributed by atoms with Crippen LogP contribution in [0.25, 0.3) is 11.3 Å². The first-order valence-electron chi connectivity index (χ1n) is 11.3. The van der Waals surface area contributed by atoms with Gasteiger partial charge in [0.2, 0.25) is 0 Å². The largest absolute Gasteiger partial charge is 0.207 e. The average Bonchev–Trinajstić information content (AvgIpc) is 2.73. The molecule has 1 saturated carbocycles. The Kier molecular flexibility index (Phi) is 8.00. The molecule has 3 rings (SSSR count). The highest BCUT2D eigenvalue weighted by Gasteiger charge is 2.20. The number of nitrogens with zero attached hydrogens (tertiary/aromatic N) is 2. The van der Waals surface area contributed by atoms with Crippen molar-refractivity contribution in [2.75, 3.05) is 0 Å². The van der Waals surface area contributed by atoms with Crippen LogP contribution < -0.4 is 0 Å². The summed E-state index contributed by atoms with van der Waals surface area (Å²) in [6.07, 6.45) is 13.4. The lowest BCUT2D eigenvalue weighted by Gasteiger charge is -2.28. The minimum Gasteiger partial charge on any atom is -0.207 e. The van der Waals surface area contributed by atoms with E-state index >= 15 is 0 Å². The zero-order chi connectivity index (χ0) is 19.8. The van der Waals surface area contributed by atoms with Gasteiger partial charge in [-0.3, -0.25) is 0 Å². The van der Waals surface area contributed by atoms with Gasteiger partial charge in [-0.05, 0) is 61.3 Å². The van der Waals surface area contributed by atoms with Gasteiger partial charge in [0, 0.05) is 5.56 Å². The van der Waals surface area contributed by atoms with E-state index in [2.05, 4.69) is 30.1 Å². The second-order valence-corrected chi connectivity index (χ2v) is 8.53. The summed E-state index contributed by atoms with van der Waals surface area (Å²) in [6.45, 7) is 4.42. The Morgan fingerprint density at radius 3 is 2.21 bits per heavy atom. The zero-order valence-corrected chi connectivity index (χ0v) is 17.6. The molecule has 0 bridgehead atoms.